The Hall–Kier alpha value is -1.88. The molecule has 2 aromatic rings. The number of aryl methyl sites for hydroxylation is 1. The fraction of sp³-hybridized carbons (Fsp3) is 0.375. The van der Waals surface area contributed by atoms with E-state index in [-0.39, 0.29) is 6.03 Å². The Morgan fingerprint density at radius 3 is 2.95 bits per heavy atom. The first-order valence-electron chi connectivity index (χ1n) is 7.20. The molecule has 1 fully saturated rings. The highest BCUT2D eigenvalue weighted by molar-refractivity contribution is 7.10. The summed E-state index contributed by atoms with van der Waals surface area (Å²) < 4.78 is 0. The maximum Gasteiger partial charge on any atom is 0.318 e. The van der Waals surface area contributed by atoms with Gasteiger partial charge in [0.25, 0.3) is 0 Å². The first-order chi connectivity index (χ1) is 10.2. The second-order valence-electron chi connectivity index (χ2n) is 5.41. The van der Waals surface area contributed by atoms with E-state index in [2.05, 4.69) is 28.7 Å². The summed E-state index contributed by atoms with van der Waals surface area (Å²) in [4.78, 5) is 19.7. The van der Waals surface area contributed by atoms with E-state index in [0.29, 0.717) is 19.1 Å². The predicted molar refractivity (Wildman–Crippen MR) is 84.1 cm³/mol. The van der Waals surface area contributed by atoms with Gasteiger partial charge in [0.15, 0.2) is 0 Å². The fourth-order valence-electron chi connectivity index (χ4n) is 2.26. The van der Waals surface area contributed by atoms with Crippen LogP contribution in [0.4, 0.5) is 4.79 Å². The van der Waals surface area contributed by atoms with Crippen LogP contribution < -0.4 is 5.32 Å². The van der Waals surface area contributed by atoms with Crippen molar-refractivity contribution in [3.05, 3.63) is 52.0 Å². The molecule has 0 spiro atoms. The molecule has 2 amide bonds. The second-order valence-corrected chi connectivity index (χ2v) is 6.41. The Bertz CT molecular complexity index is 607. The number of nitrogens with zero attached hydrogens (tertiary/aromatic N) is 2. The number of nitrogens with one attached hydrogen (secondary N) is 1. The third kappa shape index (κ3) is 3.61. The molecule has 5 heteroatoms. The highest BCUT2D eigenvalue weighted by Gasteiger charge is 2.32. The van der Waals surface area contributed by atoms with Crippen LogP contribution in [0.3, 0.4) is 0 Å². The quantitative estimate of drug-likeness (QED) is 0.920. The molecule has 2 aromatic heterocycles. The monoisotopic (exact) mass is 301 g/mol. The molecule has 21 heavy (non-hydrogen) atoms. The van der Waals surface area contributed by atoms with E-state index in [1.807, 2.05) is 17.0 Å². The number of pyridine rings is 1. The largest absolute Gasteiger partial charge is 0.334 e. The third-order valence-electron chi connectivity index (χ3n) is 3.70. The first kappa shape index (κ1) is 14.1. The molecular formula is C16H19N3OS. The fourth-order valence-corrected chi connectivity index (χ4v) is 3.16. The van der Waals surface area contributed by atoms with Gasteiger partial charge >= 0.3 is 6.03 Å². The molecule has 1 N–H and O–H groups in total. The molecule has 110 valence electrons. The van der Waals surface area contributed by atoms with Crippen LogP contribution in [0, 0.1) is 6.92 Å². The number of urea groups is 1. The minimum atomic E-state index is 0.0224. The van der Waals surface area contributed by atoms with Crippen molar-refractivity contribution in [3.63, 3.8) is 0 Å². The van der Waals surface area contributed by atoms with Gasteiger partial charge in [0.2, 0.25) is 0 Å². The van der Waals surface area contributed by atoms with Crippen molar-refractivity contribution in [1.82, 2.24) is 15.2 Å². The lowest BCUT2D eigenvalue weighted by molar-refractivity contribution is 0.192. The average Bonchev–Trinajstić information content (AvgIpc) is 3.27. The molecule has 0 aromatic carbocycles. The Morgan fingerprint density at radius 1 is 1.48 bits per heavy atom. The second kappa shape index (κ2) is 6.26. The maximum absolute atomic E-state index is 12.4. The number of hydrogen-bond acceptors (Lipinski definition) is 3. The summed E-state index contributed by atoms with van der Waals surface area (Å²) in [5, 5.41) is 5.09. The SMILES string of the molecule is Cc1ccsc1CN(C(=O)NCc1cccnc1)C1CC1. The zero-order valence-corrected chi connectivity index (χ0v) is 12.9. The topological polar surface area (TPSA) is 45.2 Å². The highest BCUT2D eigenvalue weighted by atomic mass is 32.1. The molecular weight excluding hydrogens is 282 g/mol. The van der Waals surface area contributed by atoms with Crippen molar-refractivity contribution in [2.45, 2.75) is 38.9 Å². The molecule has 1 aliphatic carbocycles. The Labute approximate surface area is 128 Å². The average molecular weight is 301 g/mol. The summed E-state index contributed by atoms with van der Waals surface area (Å²) in [6, 6.07) is 6.39. The first-order valence-corrected chi connectivity index (χ1v) is 8.08. The minimum absolute atomic E-state index is 0.0224. The van der Waals surface area contributed by atoms with Crippen LogP contribution in [0.15, 0.2) is 36.0 Å². The summed E-state index contributed by atoms with van der Waals surface area (Å²) in [6.45, 7) is 3.34. The van der Waals surface area contributed by atoms with Gasteiger partial charge in [0.05, 0.1) is 6.54 Å². The van der Waals surface area contributed by atoms with Gasteiger partial charge in [-0.25, -0.2) is 4.79 Å². The van der Waals surface area contributed by atoms with Crippen LogP contribution in [0.5, 0.6) is 0 Å². The number of carbonyl (C=O) groups excluding carboxylic acids is 1. The van der Waals surface area contributed by atoms with E-state index in [1.54, 1.807) is 23.7 Å². The molecule has 0 aliphatic heterocycles. The van der Waals surface area contributed by atoms with E-state index in [1.165, 1.54) is 10.4 Å². The van der Waals surface area contributed by atoms with Crippen molar-refractivity contribution >= 4 is 17.4 Å². The zero-order valence-electron chi connectivity index (χ0n) is 12.1. The van der Waals surface area contributed by atoms with Crippen molar-refractivity contribution in [1.29, 1.82) is 0 Å². The Kier molecular flexibility index (Phi) is 4.20. The molecule has 0 radical (unpaired) electrons. The van der Waals surface area contributed by atoms with Crippen LogP contribution in [0.1, 0.15) is 28.8 Å². The van der Waals surface area contributed by atoms with Gasteiger partial charge < -0.3 is 10.2 Å². The van der Waals surface area contributed by atoms with Crippen LogP contribution in [0.2, 0.25) is 0 Å². The zero-order chi connectivity index (χ0) is 14.7. The lowest BCUT2D eigenvalue weighted by Gasteiger charge is -2.22. The molecule has 1 aliphatic rings. The van der Waals surface area contributed by atoms with Crippen molar-refractivity contribution < 1.29 is 4.79 Å². The lowest BCUT2D eigenvalue weighted by atomic mass is 10.2. The van der Waals surface area contributed by atoms with Gasteiger partial charge in [-0.15, -0.1) is 11.3 Å². The maximum atomic E-state index is 12.4. The summed E-state index contributed by atoms with van der Waals surface area (Å²) in [6.07, 6.45) is 5.75. The molecule has 2 heterocycles. The molecule has 0 atom stereocenters. The normalized spacial score (nSPS) is 14.0. The number of carbonyl (C=O) groups is 1. The van der Waals surface area contributed by atoms with Gasteiger partial charge in [-0.3, -0.25) is 4.98 Å². The number of aromatic nitrogens is 1. The molecule has 1 saturated carbocycles. The van der Waals surface area contributed by atoms with Crippen LogP contribution >= 0.6 is 11.3 Å². The van der Waals surface area contributed by atoms with Crippen LogP contribution in [-0.2, 0) is 13.1 Å². The van der Waals surface area contributed by atoms with Crippen molar-refractivity contribution in [3.8, 4) is 0 Å². The van der Waals surface area contributed by atoms with Gasteiger partial charge in [0, 0.05) is 29.9 Å². The predicted octanol–water partition coefficient (Wildman–Crippen LogP) is 3.33. The Balaban J connectivity index is 1.61. The van der Waals surface area contributed by atoms with Gasteiger partial charge in [0.1, 0.15) is 0 Å². The minimum Gasteiger partial charge on any atom is -0.334 e. The standard InChI is InChI=1S/C16H19N3OS/c1-12-6-8-21-15(12)11-19(14-4-5-14)16(20)18-10-13-3-2-7-17-9-13/h2-3,6-9,14H,4-5,10-11H2,1H3,(H,18,20). The van der Waals surface area contributed by atoms with E-state index in [9.17, 15) is 4.79 Å². The number of hydrogen-bond donors (Lipinski definition) is 1. The molecule has 0 unspecified atom stereocenters. The summed E-state index contributed by atoms with van der Waals surface area (Å²) in [5.74, 6) is 0. The van der Waals surface area contributed by atoms with Gasteiger partial charge in [-0.2, -0.15) is 0 Å². The van der Waals surface area contributed by atoms with Gasteiger partial charge in [-0.1, -0.05) is 6.07 Å². The van der Waals surface area contributed by atoms with Crippen molar-refractivity contribution in [2.75, 3.05) is 0 Å². The number of rotatable bonds is 5. The van der Waals surface area contributed by atoms with E-state index < -0.39 is 0 Å². The molecule has 0 bridgehead atoms. The highest BCUT2D eigenvalue weighted by Crippen LogP contribution is 2.30. The number of amides is 2. The smallest absolute Gasteiger partial charge is 0.318 e. The summed E-state index contributed by atoms with van der Waals surface area (Å²) in [5.41, 5.74) is 2.29. The number of thiophene rings is 1. The third-order valence-corrected chi connectivity index (χ3v) is 4.70. The summed E-state index contributed by atoms with van der Waals surface area (Å²) >= 11 is 1.72. The van der Waals surface area contributed by atoms with Crippen LogP contribution in [-0.4, -0.2) is 22.0 Å². The Morgan fingerprint density at radius 2 is 2.33 bits per heavy atom. The van der Waals surface area contributed by atoms with Crippen molar-refractivity contribution in [2.24, 2.45) is 0 Å². The van der Waals surface area contributed by atoms with E-state index >= 15 is 0 Å². The lowest BCUT2D eigenvalue weighted by Crippen LogP contribution is -2.40. The van der Waals surface area contributed by atoms with Gasteiger partial charge in [-0.05, 0) is 48.4 Å². The molecule has 3 rings (SSSR count). The molecule has 0 saturated heterocycles. The van der Waals surface area contributed by atoms with Crippen LogP contribution in [0.25, 0.3) is 0 Å². The summed E-state index contributed by atoms with van der Waals surface area (Å²) in [7, 11) is 0. The molecule has 4 nitrogen and oxygen atoms in total. The van der Waals surface area contributed by atoms with E-state index in [0.717, 1.165) is 18.4 Å². The van der Waals surface area contributed by atoms with E-state index in [4.69, 9.17) is 0 Å².